The molecule has 1 unspecified atom stereocenters. The number of hydrogen-bond donors (Lipinski definition) is 3. The van der Waals surface area contributed by atoms with Crippen LogP contribution in [0, 0.1) is 0 Å². The van der Waals surface area contributed by atoms with E-state index in [-0.39, 0.29) is 34.8 Å². The lowest BCUT2D eigenvalue weighted by Gasteiger charge is -2.26. The monoisotopic (exact) mass is 378 g/mol. The van der Waals surface area contributed by atoms with Crippen LogP contribution in [-0.4, -0.2) is 53.0 Å². The van der Waals surface area contributed by atoms with Gasteiger partial charge in [-0.2, -0.15) is 0 Å². The molecule has 27 heavy (non-hydrogen) atoms. The van der Waals surface area contributed by atoms with E-state index in [9.17, 15) is 19.5 Å². The van der Waals surface area contributed by atoms with Gasteiger partial charge in [0.2, 0.25) is 6.10 Å². The van der Waals surface area contributed by atoms with Crippen LogP contribution in [0.5, 0.6) is 11.5 Å². The number of carboxylic acids is 3. The van der Waals surface area contributed by atoms with Gasteiger partial charge < -0.3 is 29.5 Å². The topological polar surface area (TPSA) is 140 Å². The van der Waals surface area contributed by atoms with Crippen LogP contribution < -0.4 is 9.47 Å². The van der Waals surface area contributed by atoms with Gasteiger partial charge in [-0.15, -0.1) is 0 Å². The van der Waals surface area contributed by atoms with Crippen molar-refractivity contribution in [1.82, 2.24) is 0 Å². The van der Waals surface area contributed by atoms with Crippen LogP contribution >= 0.6 is 0 Å². The van der Waals surface area contributed by atoms with Crippen LogP contribution in [-0.2, 0) is 19.1 Å². The van der Waals surface area contributed by atoms with E-state index in [4.69, 9.17) is 24.4 Å². The minimum atomic E-state index is -1.61. The summed E-state index contributed by atoms with van der Waals surface area (Å²) in [6.45, 7) is -0.139. The quantitative estimate of drug-likeness (QED) is 0.585. The molecule has 0 bridgehead atoms. The van der Waals surface area contributed by atoms with Crippen molar-refractivity contribution in [2.45, 2.75) is 18.9 Å². The van der Waals surface area contributed by atoms with Crippen LogP contribution in [0.15, 0.2) is 47.2 Å². The molecule has 2 rings (SSSR count). The Morgan fingerprint density at radius 2 is 1.70 bits per heavy atom. The number of hydrogen-bond acceptors (Lipinski definition) is 6. The van der Waals surface area contributed by atoms with E-state index in [1.54, 1.807) is 18.2 Å². The number of ether oxygens (including phenoxy) is 3. The summed E-state index contributed by atoms with van der Waals surface area (Å²) in [5.41, 5.74) is 0.189. The van der Waals surface area contributed by atoms with Gasteiger partial charge in [-0.1, -0.05) is 12.1 Å². The molecule has 0 spiro atoms. The van der Waals surface area contributed by atoms with Crippen LogP contribution in [0.2, 0.25) is 0 Å². The number of carbonyl (C=O) groups is 3. The smallest absolute Gasteiger partial charge is 0.349 e. The Labute approximate surface area is 154 Å². The normalized spacial score (nSPS) is 14.6. The Hall–Kier alpha value is -3.49. The molecule has 144 valence electrons. The summed E-state index contributed by atoms with van der Waals surface area (Å²) in [6, 6.07) is 6.36. The SMILES string of the molecule is COc1ccccc1OC(C(=O)O)C1=COCC(CC(=O)O)=C1CC(=O)O. The lowest BCUT2D eigenvalue weighted by atomic mass is 9.91. The van der Waals surface area contributed by atoms with Crippen LogP contribution in [0.25, 0.3) is 0 Å². The number of para-hydroxylation sites is 2. The van der Waals surface area contributed by atoms with Gasteiger partial charge >= 0.3 is 17.9 Å². The van der Waals surface area contributed by atoms with Gasteiger partial charge in [0.05, 0.1) is 26.2 Å². The molecular formula is C18H18O9. The van der Waals surface area contributed by atoms with Crippen LogP contribution in [0.3, 0.4) is 0 Å². The van der Waals surface area contributed by atoms with Crippen molar-refractivity contribution in [3.05, 3.63) is 47.2 Å². The van der Waals surface area contributed by atoms with Gasteiger partial charge in [0.25, 0.3) is 0 Å². The lowest BCUT2D eigenvalue weighted by molar-refractivity contribution is -0.143. The molecule has 0 radical (unpaired) electrons. The molecule has 1 heterocycles. The van der Waals surface area contributed by atoms with Crippen molar-refractivity contribution in [2.75, 3.05) is 13.7 Å². The Bertz CT molecular complexity index is 807. The molecule has 0 amide bonds. The fraction of sp³-hybridized carbons (Fsp3) is 0.278. The predicted molar refractivity (Wildman–Crippen MR) is 90.6 cm³/mol. The third-order valence-electron chi connectivity index (χ3n) is 3.76. The van der Waals surface area contributed by atoms with Crippen molar-refractivity contribution < 1.29 is 43.9 Å². The molecule has 0 saturated carbocycles. The Kier molecular flexibility index (Phi) is 6.42. The molecule has 1 atom stereocenters. The summed E-state index contributed by atoms with van der Waals surface area (Å²) in [7, 11) is 1.39. The van der Waals surface area contributed by atoms with Crippen molar-refractivity contribution in [3.8, 4) is 11.5 Å². The number of benzene rings is 1. The van der Waals surface area contributed by atoms with E-state index in [1.165, 1.54) is 13.2 Å². The first-order valence-electron chi connectivity index (χ1n) is 7.82. The maximum Gasteiger partial charge on any atom is 0.349 e. The molecule has 3 N–H and O–H groups in total. The van der Waals surface area contributed by atoms with E-state index in [1.807, 2.05) is 0 Å². The molecule has 9 heteroatoms. The number of carboxylic acid groups (broad SMARTS) is 3. The molecule has 0 saturated heterocycles. The van der Waals surface area contributed by atoms with E-state index < -0.39 is 36.9 Å². The van der Waals surface area contributed by atoms with Gasteiger partial charge in [-0.3, -0.25) is 9.59 Å². The van der Waals surface area contributed by atoms with Gasteiger partial charge in [-0.05, 0) is 23.3 Å². The zero-order valence-corrected chi connectivity index (χ0v) is 14.4. The third kappa shape index (κ3) is 5.00. The summed E-state index contributed by atoms with van der Waals surface area (Å²) >= 11 is 0. The van der Waals surface area contributed by atoms with Crippen LogP contribution in [0.1, 0.15) is 12.8 Å². The maximum atomic E-state index is 11.8. The first-order chi connectivity index (χ1) is 12.8. The van der Waals surface area contributed by atoms with Crippen molar-refractivity contribution in [1.29, 1.82) is 0 Å². The molecule has 1 aromatic rings. The average Bonchev–Trinajstić information content (AvgIpc) is 2.60. The zero-order valence-electron chi connectivity index (χ0n) is 14.4. The van der Waals surface area contributed by atoms with Crippen molar-refractivity contribution >= 4 is 17.9 Å². The fourth-order valence-corrected chi connectivity index (χ4v) is 2.62. The maximum absolute atomic E-state index is 11.8. The number of aliphatic carboxylic acids is 3. The second kappa shape index (κ2) is 8.75. The lowest BCUT2D eigenvalue weighted by Crippen LogP contribution is -2.32. The van der Waals surface area contributed by atoms with Crippen molar-refractivity contribution in [3.63, 3.8) is 0 Å². The van der Waals surface area contributed by atoms with Gasteiger partial charge in [-0.25, -0.2) is 4.79 Å². The molecular weight excluding hydrogens is 360 g/mol. The van der Waals surface area contributed by atoms with Crippen molar-refractivity contribution in [2.24, 2.45) is 0 Å². The molecule has 1 aliphatic heterocycles. The molecule has 1 aliphatic rings. The molecule has 0 aliphatic carbocycles. The summed E-state index contributed by atoms with van der Waals surface area (Å²) in [5.74, 6) is -3.39. The molecule has 9 nitrogen and oxygen atoms in total. The third-order valence-corrected chi connectivity index (χ3v) is 3.76. The highest BCUT2D eigenvalue weighted by atomic mass is 16.5. The number of rotatable bonds is 9. The highest BCUT2D eigenvalue weighted by Gasteiger charge is 2.33. The number of methoxy groups -OCH3 is 1. The van der Waals surface area contributed by atoms with Gasteiger partial charge in [0, 0.05) is 5.57 Å². The van der Waals surface area contributed by atoms with E-state index >= 15 is 0 Å². The average molecular weight is 378 g/mol. The minimum Gasteiger partial charge on any atom is -0.496 e. The molecule has 0 aromatic heterocycles. The van der Waals surface area contributed by atoms with Gasteiger partial charge in [0.1, 0.15) is 6.61 Å². The summed E-state index contributed by atoms with van der Waals surface area (Å²) in [6.07, 6.45) is -1.55. The molecule has 0 fully saturated rings. The zero-order chi connectivity index (χ0) is 20.0. The predicted octanol–water partition coefficient (Wildman–Crippen LogP) is 1.69. The van der Waals surface area contributed by atoms with Crippen LogP contribution in [0.4, 0.5) is 0 Å². The highest BCUT2D eigenvalue weighted by Crippen LogP contribution is 2.33. The fourth-order valence-electron chi connectivity index (χ4n) is 2.62. The Morgan fingerprint density at radius 1 is 1.07 bits per heavy atom. The van der Waals surface area contributed by atoms with Gasteiger partial charge in [0.15, 0.2) is 11.5 Å². The first-order valence-corrected chi connectivity index (χ1v) is 7.82. The highest BCUT2D eigenvalue weighted by molar-refractivity contribution is 5.82. The molecule has 1 aromatic carbocycles. The second-order valence-corrected chi connectivity index (χ2v) is 5.59. The van der Waals surface area contributed by atoms with E-state index in [2.05, 4.69) is 0 Å². The summed E-state index contributed by atoms with van der Waals surface area (Å²) in [4.78, 5) is 34.1. The van der Waals surface area contributed by atoms with E-state index in [0.717, 1.165) is 6.26 Å². The Morgan fingerprint density at radius 3 is 2.26 bits per heavy atom. The first kappa shape index (κ1) is 19.8. The standard InChI is InChI=1S/C18H18O9/c1-25-13-4-2-3-5-14(13)27-17(18(23)24)12-9-26-8-10(6-15(19)20)11(12)7-16(21)22/h2-5,9,17H,6-8H2,1H3,(H,19,20)(H,21,22)(H,23,24). The second-order valence-electron chi connectivity index (χ2n) is 5.59. The Balaban J connectivity index is 2.45. The summed E-state index contributed by atoms with van der Waals surface area (Å²) in [5, 5.41) is 27.8. The van der Waals surface area contributed by atoms with E-state index in [0.29, 0.717) is 0 Å². The summed E-state index contributed by atoms with van der Waals surface area (Å²) < 4.78 is 15.9. The largest absolute Gasteiger partial charge is 0.496 e. The minimum absolute atomic E-state index is 0.0571.